The Balaban J connectivity index is 1.53. The average Bonchev–Trinajstić information content (AvgIpc) is 3.09. The van der Waals surface area contributed by atoms with Crippen LogP contribution < -0.4 is 5.32 Å². The number of amides is 1. The maximum Gasteiger partial charge on any atom is 0.220 e. The number of nitrogens with zero attached hydrogens (tertiary/aromatic N) is 1. The molecule has 2 N–H and O–H groups in total. The number of hydrogen-bond acceptors (Lipinski definition) is 4. The molecule has 2 unspecified atom stereocenters. The van der Waals surface area contributed by atoms with Crippen molar-refractivity contribution in [1.29, 1.82) is 0 Å². The van der Waals surface area contributed by atoms with Gasteiger partial charge in [-0.05, 0) is 25.0 Å². The van der Waals surface area contributed by atoms with Crippen LogP contribution in [-0.2, 0) is 11.2 Å². The highest BCUT2D eigenvalue weighted by Crippen LogP contribution is 2.25. The third kappa shape index (κ3) is 4.45. The molecule has 134 valence electrons. The summed E-state index contributed by atoms with van der Waals surface area (Å²) < 4.78 is 19.3. The lowest BCUT2D eigenvalue weighted by molar-refractivity contribution is -0.122. The summed E-state index contributed by atoms with van der Waals surface area (Å²) in [6.45, 7) is 0.108. The van der Waals surface area contributed by atoms with Crippen molar-refractivity contribution in [3.05, 3.63) is 42.2 Å². The summed E-state index contributed by atoms with van der Waals surface area (Å²) in [7, 11) is 0. The van der Waals surface area contributed by atoms with Crippen molar-refractivity contribution in [2.75, 3.05) is 6.61 Å². The predicted molar refractivity (Wildman–Crippen MR) is 91.2 cm³/mol. The maximum atomic E-state index is 13.8. The summed E-state index contributed by atoms with van der Waals surface area (Å²) in [6.07, 6.45) is 6.14. The van der Waals surface area contributed by atoms with Crippen molar-refractivity contribution >= 4 is 5.91 Å². The van der Waals surface area contributed by atoms with Gasteiger partial charge in [0.15, 0.2) is 11.7 Å². The second-order valence-electron chi connectivity index (χ2n) is 6.50. The van der Waals surface area contributed by atoms with Gasteiger partial charge in [0, 0.05) is 31.4 Å². The number of carbonyl (C=O) groups is 1. The zero-order valence-corrected chi connectivity index (χ0v) is 14.1. The van der Waals surface area contributed by atoms with Gasteiger partial charge in [-0.1, -0.05) is 25.0 Å². The second-order valence-corrected chi connectivity index (χ2v) is 6.50. The number of nitrogens with one attached hydrogen (secondary N) is 1. The monoisotopic (exact) mass is 346 g/mol. The lowest BCUT2D eigenvalue weighted by Gasteiger charge is -2.30. The molecule has 25 heavy (non-hydrogen) atoms. The highest BCUT2D eigenvalue weighted by atomic mass is 19.1. The zero-order valence-electron chi connectivity index (χ0n) is 14.1. The van der Waals surface area contributed by atoms with Gasteiger partial charge in [-0.15, -0.1) is 0 Å². The van der Waals surface area contributed by atoms with E-state index < -0.39 is 0 Å². The standard InChI is InChI=1S/C19H23FN2O3/c20-15-7-3-2-6-14(15)17-11-21-19(25-17)10-9-18(24)22-16-8-4-1-5-13(16)12-23/h2-3,6-7,11,13,16,23H,1,4-5,8-10,12H2,(H,22,24). The van der Waals surface area contributed by atoms with Gasteiger partial charge < -0.3 is 14.8 Å². The number of aromatic nitrogens is 1. The van der Waals surface area contributed by atoms with Gasteiger partial charge in [-0.2, -0.15) is 0 Å². The summed E-state index contributed by atoms with van der Waals surface area (Å²) in [5, 5.41) is 12.4. The van der Waals surface area contributed by atoms with Gasteiger partial charge in [-0.3, -0.25) is 4.79 Å². The molecule has 2 atom stereocenters. The van der Waals surface area contributed by atoms with Crippen LogP contribution in [0.5, 0.6) is 0 Å². The molecule has 0 saturated heterocycles. The Hall–Kier alpha value is -2.21. The van der Waals surface area contributed by atoms with E-state index in [0.717, 1.165) is 25.7 Å². The van der Waals surface area contributed by atoms with Crippen LogP contribution in [0.15, 0.2) is 34.9 Å². The average molecular weight is 346 g/mol. The summed E-state index contributed by atoms with van der Waals surface area (Å²) in [6, 6.07) is 6.39. The normalized spacial score (nSPS) is 20.4. The molecule has 1 fully saturated rings. The fourth-order valence-corrected chi connectivity index (χ4v) is 3.33. The van der Waals surface area contributed by atoms with Crippen LogP contribution in [0.1, 0.15) is 38.0 Å². The maximum absolute atomic E-state index is 13.8. The first kappa shape index (κ1) is 17.6. The second kappa shape index (κ2) is 8.25. The molecule has 0 bridgehead atoms. The third-order valence-electron chi connectivity index (χ3n) is 4.75. The summed E-state index contributed by atoms with van der Waals surface area (Å²) in [5.41, 5.74) is 0.360. The molecule has 3 rings (SSSR count). The number of rotatable bonds is 6. The van der Waals surface area contributed by atoms with Crippen LogP contribution in [0.25, 0.3) is 11.3 Å². The molecule has 1 heterocycles. The van der Waals surface area contributed by atoms with Crippen molar-refractivity contribution in [2.24, 2.45) is 5.92 Å². The van der Waals surface area contributed by atoms with Gasteiger partial charge in [0.25, 0.3) is 0 Å². The van der Waals surface area contributed by atoms with E-state index in [4.69, 9.17) is 4.42 Å². The Morgan fingerprint density at radius 1 is 1.32 bits per heavy atom. The Bertz CT molecular complexity index is 716. The van der Waals surface area contributed by atoms with E-state index in [1.807, 2.05) is 0 Å². The number of oxazole rings is 1. The Morgan fingerprint density at radius 3 is 2.92 bits per heavy atom. The van der Waals surface area contributed by atoms with E-state index in [1.165, 1.54) is 12.3 Å². The van der Waals surface area contributed by atoms with E-state index in [9.17, 15) is 14.3 Å². The summed E-state index contributed by atoms with van der Waals surface area (Å²) in [5.74, 6) is 0.482. The molecule has 1 saturated carbocycles. The first-order chi connectivity index (χ1) is 12.2. The SMILES string of the molecule is O=C(CCc1ncc(-c2ccccc2F)o1)NC1CCCCC1CO. The van der Waals surface area contributed by atoms with Gasteiger partial charge >= 0.3 is 0 Å². The van der Waals surface area contributed by atoms with Crippen LogP contribution in [0.3, 0.4) is 0 Å². The predicted octanol–water partition coefficient (Wildman–Crippen LogP) is 3.08. The van der Waals surface area contributed by atoms with Gasteiger partial charge in [0.2, 0.25) is 5.91 Å². The molecular formula is C19H23FN2O3. The van der Waals surface area contributed by atoms with E-state index >= 15 is 0 Å². The van der Waals surface area contributed by atoms with E-state index in [0.29, 0.717) is 23.6 Å². The summed E-state index contributed by atoms with van der Waals surface area (Å²) in [4.78, 5) is 16.3. The van der Waals surface area contributed by atoms with Crippen LogP contribution >= 0.6 is 0 Å². The van der Waals surface area contributed by atoms with E-state index in [2.05, 4.69) is 10.3 Å². The van der Waals surface area contributed by atoms with E-state index in [1.54, 1.807) is 18.2 Å². The lowest BCUT2D eigenvalue weighted by atomic mass is 9.85. The third-order valence-corrected chi connectivity index (χ3v) is 4.75. The smallest absolute Gasteiger partial charge is 0.220 e. The van der Waals surface area contributed by atoms with Crippen molar-refractivity contribution in [2.45, 2.75) is 44.6 Å². The Morgan fingerprint density at radius 2 is 2.12 bits per heavy atom. The fourth-order valence-electron chi connectivity index (χ4n) is 3.33. The van der Waals surface area contributed by atoms with Crippen molar-refractivity contribution < 1.29 is 18.7 Å². The van der Waals surface area contributed by atoms with E-state index in [-0.39, 0.29) is 36.7 Å². The van der Waals surface area contributed by atoms with Gasteiger partial charge in [-0.25, -0.2) is 9.37 Å². The quantitative estimate of drug-likeness (QED) is 0.843. The molecule has 5 nitrogen and oxygen atoms in total. The topological polar surface area (TPSA) is 75.4 Å². The number of aryl methyl sites for hydroxylation is 1. The van der Waals surface area contributed by atoms with Crippen molar-refractivity contribution in [1.82, 2.24) is 10.3 Å². The molecule has 1 aromatic carbocycles. The molecule has 1 amide bonds. The molecule has 0 spiro atoms. The van der Waals surface area contributed by atoms with Crippen molar-refractivity contribution in [3.63, 3.8) is 0 Å². The molecule has 1 aliphatic rings. The molecule has 0 radical (unpaired) electrons. The molecule has 2 aromatic rings. The molecule has 6 heteroatoms. The number of aliphatic hydroxyl groups excluding tert-OH is 1. The number of hydrogen-bond donors (Lipinski definition) is 2. The fraction of sp³-hybridized carbons (Fsp3) is 0.474. The molecule has 0 aliphatic heterocycles. The van der Waals surface area contributed by atoms with Crippen LogP contribution in [0, 0.1) is 11.7 Å². The number of benzene rings is 1. The lowest BCUT2D eigenvalue weighted by Crippen LogP contribution is -2.43. The highest BCUT2D eigenvalue weighted by Gasteiger charge is 2.25. The van der Waals surface area contributed by atoms with Crippen LogP contribution in [-0.4, -0.2) is 28.6 Å². The van der Waals surface area contributed by atoms with Gasteiger partial charge in [0.1, 0.15) is 5.82 Å². The highest BCUT2D eigenvalue weighted by molar-refractivity contribution is 5.76. The minimum atomic E-state index is -0.365. The van der Waals surface area contributed by atoms with Gasteiger partial charge in [0.05, 0.1) is 11.8 Å². The molecule has 1 aliphatic carbocycles. The van der Waals surface area contributed by atoms with Crippen LogP contribution in [0.2, 0.25) is 0 Å². The Kier molecular flexibility index (Phi) is 5.81. The minimum absolute atomic E-state index is 0.0461. The number of aliphatic hydroxyl groups is 1. The molecular weight excluding hydrogens is 323 g/mol. The van der Waals surface area contributed by atoms with Crippen molar-refractivity contribution in [3.8, 4) is 11.3 Å². The van der Waals surface area contributed by atoms with Crippen LogP contribution in [0.4, 0.5) is 4.39 Å². The number of halogens is 1. The first-order valence-corrected chi connectivity index (χ1v) is 8.77. The zero-order chi connectivity index (χ0) is 17.6. The largest absolute Gasteiger partial charge is 0.441 e. The first-order valence-electron chi connectivity index (χ1n) is 8.77. The molecule has 1 aromatic heterocycles. The number of carbonyl (C=O) groups excluding carboxylic acids is 1. The summed E-state index contributed by atoms with van der Waals surface area (Å²) >= 11 is 0. The Labute approximate surface area is 146 Å². The minimum Gasteiger partial charge on any atom is -0.441 e.